The minimum atomic E-state index is -3.33. The number of carboxylic acids is 1. The predicted molar refractivity (Wildman–Crippen MR) is 89.0 cm³/mol. The van der Waals surface area contributed by atoms with Crippen LogP contribution >= 0.6 is 0 Å². The van der Waals surface area contributed by atoms with E-state index >= 15 is 0 Å². The van der Waals surface area contributed by atoms with Gasteiger partial charge in [0.25, 0.3) is 5.92 Å². The number of carbonyl (C=O) groups excluding carboxylic acids is 2. The largest absolute Gasteiger partial charge is 0.480 e. The second-order valence-electron chi connectivity index (χ2n) is 7.78. The number of hydrogen-bond donors (Lipinski definition) is 2. The van der Waals surface area contributed by atoms with Gasteiger partial charge in [0.2, 0.25) is 0 Å². The number of alkyl halides is 2. The number of nitrogens with two attached hydrogens (primary N) is 1. The summed E-state index contributed by atoms with van der Waals surface area (Å²) in [6.45, 7) is 8.07. The topological polar surface area (TPSA) is 119 Å². The van der Waals surface area contributed by atoms with Gasteiger partial charge in [0.15, 0.2) is 0 Å². The maximum Gasteiger partial charge on any atom is 0.420 e. The first-order valence-electron chi connectivity index (χ1n) is 8.05. The number of ether oxygens (including phenoxy) is 2. The van der Waals surface area contributed by atoms with Crippen LogP contribution in [0.15, 0.2) is 0 Å². The van der Waals surface area contributed by atoms with Gasteiger partial charge in [-0.05, 0) is 48.0 Å². The van der Waals surface area contributed by atoms with Crippen LogP contribution in [0.4, 0.5) is 18.4 Å². The van der Waals surface area contributed by atoms with Crippen molar-refractivity contribution < 1.29 is 37.7 Å². The molecule has 0 aliphatic carbocycles. The van der Waals surface area contributed by atoms with Crippen molar-refractivity contribution in [1.82, 2.24) is 4.90 Å². The number of hydrogen-bond acceptors (Lipinski definition) is 6. The molecule has 8 nitrogen and oxygen atoms in total. The summed E-state index contributed by atoms with van der Waals surface area (Å²) in [7, 11) is 0. The van der Waals surface area contributed by atoms with Crippen molar-refractivity contribution in [3.05, 3.63) is 0 Å². The summed E-state index contributed by atoms with van der Waals surface area (Å²) in [5.41, 5.74) is 2.86. The highest BCUT2D eigenvalue weighted by atomic mass is 19.3. The van der Waals surface area contributed by atoms with Gasteiger partial charge in [-0.15, -0.1) is 0 Å². The molecule has 0 fully saturated rings. The van der Waals surface area contributed by atoms with Gasteiger partial charge in [0, 0.05) is 6.42 Å². The van der Waals surface area contributed by atoms with Crippen molar-refractivity contribution in [3.8, 4) is 0 Å². The van der Waals surface area contributed by atoms with Gasteiger partial charge in [-0.1, -0.05) is 0 Å². The van der Waals surface area contributed by atoms with Gasteiger partial charge < -0.3 is 20.3 Å². The number of imide groups is 1. The molecule has 0 aliphatic heterocycles. The standard InChI is InChI=1S/C16H28F2N2O6/c1-14(2,3)25-12(23)20(13(24)26-15(4,5)6)10(11(21)22)7-8-16(17,18)9-19/h10H,7-9,19H2,1-6H3,(H,21,22)/t10-/m0/s1. The molecule has 10 heteroatoms. The summed E-state index contributed by atoms with van der Waals surface area (Å²) in [6, 6.07) is -1.89. The fourth-order valence-electron chi connectivity index (χ4n) is 1.76. The number of aliphatic carboxylic acids is 1. The molecule has 0 unspecified atom stereocenters. The zero-order chi connectivity index (χ0) is 20.9. The van der Waals surface area contributed by atoms with E-state index in [0.717, 1.165) is 0 Å². The van der Waals surface area contributed by atoms with Gasteiger partial charge in [-0.25, -0.2) is 23.2 Å². The molecule has 1 atom stereocenters. The van der Waals surface area contributed by atoms with E-state index in [-0.39, 0.29) is 4.90 Å². The normalized spacial score (nSPS) is 13.7. The van der Waals surface area contributed by atoms with Crippen LogP contribution in [-0.4, -0.2) is 57.9 Å². The summed E-state index contributed by atoms with van der Waals surface area (Å²) in [6.07, 6.45) is -4.23. The first-order valence-corrected chi connectivity index (χ1v) is 8.05. The van der Waals surface area contributed by atoms with Crippen LogP contribution < -0.4 is 5.73 Å². The van der Waals surface area contributed by atoms with Crippen molar-refractivity contribution >= 4 is 18.2 Å². The quantitative estimate of drug-likeness (QED) is 0.725. The number of carboxylic acid groups (broad SMARTS) is 1. The van der Waals surface area contributed by atoms with Crippen LogP contribution in [-0.2, 0) is 14.3 Å². The Morgan fingerprint density at radius 1 is 1.00 bits per heavy atom. The Bertz CT molecular complexity index is 498. The minimum Gasteiger partial charge on any atom is -0.480 e. The van der Waals surface area contributed by atoms with Gasteiger partial charge >= 0.3 is 18.2 Å². The van der Waals surface area contributed by atoms with Gasteiger partial charge in [0.05, 0.1) is 6.54 Å². The lowest BCUT2D eigenvalue weighted by atomic mass is 10.1. The Labute approximate surface area is 151 Å². The maximum absolute atomic E-state index is 13.4. The first-order chi connectivity index (χ1) is 11.5. The third-order valence-corrected chi connectivity index (χ3v) is 2.86. The Hall–Kier alpha value is -1.97. The smallest absolute Gasteiger partial charge is 0.420 e. The average molecular weight is 382 g/mol. The van der Waals surface area contributed by atoms with E-state index in [2.05, 4.69) is 0 Å². The second kappa shape index (κ2) is 8.61. The van der Waals surface area contributed by atoms with E-state index in [1.54, 1.807) is 0 Å². The van der Waals surface area contributed by atoms with Gasteiger partial charge in [-0.3, -0.25) is 0 Å². The molecule has 0 rings (SSSR count). The molecule has 0 bridgehead atoms. The number of nitrogens with zero attached hydrogens (tertiary/aromatic N) is 1. The molecule has 26 heavy (non-hydrogen) atoms. The highest BCUT2D eigenvalue weighted by Gasteiger charge is 2.42. The molecule has 0 aromatic heterocycles. The predicted octanol–water partition coefficient (Wildman–Crippen LogP) is 2.99. The lowest BCUT2D eigenvalue weighted by Gasteiger charge is -2.32. The lowest BCUT2D eigenvalue weighted by molar-refractivity contribution is -0.144. The van der Waals surface area contributed by atoms with E-state index in [1.165, 1.54) is 41.5 Å². The van der Waals surface area contributed by atoms with Crippen LogP contribution in [0.2, 0.25) is 0 Å². The van der Waals surface area contributed by atoms with Crippen LogP contribution in [0, 0.1) is 0 Å². The summed E-state index contributed by atoms with van der Waals surface area (Å²) in [5, 5.41) is 9.37. The molecule has 0 radical (unpaired) electrons. The summed E-state index contributed by atoms with van der Waals surface area (Å²) in [4.78, 5) is 36.5. The Morgan fingerprint density at radius 2 is 1.38 bits per heavy atom. The number of carbonyl (C=O) groups is 3. The highest BCUT2D eigenvalue weighted by Crippen LogP contribution is 2.24. The molecule has 0 aromatic rings. The van der Waals surface area contributed by atoms with Crippen LogP contribution in [0.5, 0.6) is 0 Å². The highest BCUT2D eigenvalue weighted by molar-refractivity contribution is 5.93. The Kier molecular flexibility index (Phi) is 7.96. The molecule has 0 saturated heterocycles. The molecule has 2 amide bonds. The molecule has 0 spiro atoms. The zero-order valence-corrected chi connectivity index (χ0v) is 16.0. The van der Waals surface area contributed by atoms with Crippen LogP contribution in [0.3, 0.4) is 0 Å². The molecule has 0 aromatic carbocycles. The van der Waals surface area contributed by atoms with Crippen molar-refractivity contribution in [2.45, 2.75) is 77.6 Å². The number of halogens is 2. The maximum atomic E-state index is 13.4. The summed E-state index contributed by atoms with van der Waals surface area (Å²) >= 11 is 0. The van der Waals surface area contributed by atoms with Gasteiger partial charge in [-0.2, -0.15) is 4.90 Å². The third kappa shape index (κ3) is 8.93. The first kappa shape index (κ1) is 24.0. The molecule has 0 heterocycles. The Balaban J connectivity index is 5.70. The van der Waals surface area contributed by atoms with E-state index < -0.39 is 60.7 Å². The van der Waals surface area contributed by atoms with Crippen molar-refractivity contribution in [1.29, 1.82) is 0 Å². The molecular weight excluding hydrogens is 354 g/mol. The molecule has 152 valence electrons. The minimum absolute atomic E-state index is 0.214. The fraction of sp³-hybridized carbons (Fsp3) is 0.812. The molecule has 3 N–H and O–H groups in total. The van der Waals surface area contributed by atoms with Gasteiger partial charge in [0.1, 0.15) is 17.2 Å². The zero-order valence-electron chi connectivity index (χ0n) is 16.0. The third-order valence-electron chi connectivity index (χ3n) is 2.86. The molecular formula is C16H28F2N2O6. The lowest BCUT2D eigenvalue weighted by Crippen LogP contribution is -2.52. The van der Waals surface area contributed by atoms with E-state index in [4.69, 9.17) is 15.2 Å². The van der Waals surface area contributed by atoms with Crippen molar-refractivity contribution in [2.75, 3.05) is 6.54 Å². The second-order valence-corrected chi connectivity index (χ2v) is 7.78. The van der Waals surface area contributed by atoms with Crippen LogP contribution in [0.25, 0.3) is 0 Å². The number of rotatable bonds is 6. The van der Waals surface area contributed by atoms with E-state index in [9.17, 15) is 28.3 Å². The summed E-state index contributed by atoms with van der Waals surface area (Å²) in [5.74, 6) is -4.98. The van der Waals surface area contributed by atoms with Crippen molar-refractivity contribution in [3.63, 3.8) is 0 Å². The Morgan fingerprint density at radius 3 is 1.65 bits per heavy atom. The fourth-order valence-corrected chi connectivity index (χ4v) is 1.76. The van der Waals surface area contributed by atoms with Crippen LogP contribution in [0.1, 0.15) is 54.4 Å². The average Bonchev–Trinajstić information content (AvgIpc) is 2.38. The molecule has 0 saturated carbocycles. The molecule has 0 aliphatic rings. The van der Waals surface area contributed by atoms with E-state index in [1.807, 2.05) is 0 Å². The SMILES string of the molecule is CC(C)(C)OC(=O)N(C(=O)OC(C)(C)C)[C@@H](CCC(F)(F)CN)C(=O)O. The summed E-state index contributed by atoms with van der Waals surface area (Å²) < 4.78 is 36.9. The monoisotopic (exact) mass is 382 g/mol. The number of amides is 2. The van der Waals surface area contributed by atoms with Crippen molar-refractivity contribution in [2.24, 2.45) is 5.73 Å². The van der Waals surface area contributed by atoms with E-state index in [0.29, 0.717) is 0 Å².